The Balaban J connectivity index is 1.54. The second-order valence-corrected chi connectivity index (χ2v) is 10.4. The van der Waals surface area contributed by atoms with E-state index in [2.05, 4.69) is 10.4 Å². The Morgan fingerprint density at radius 2 is 1.73 bits per heavy atom. The molecule has 2 heterocycles. The standard InChI is InChI=1S/C28H35N5O4/c1-27(2,29)25(35)30-22(18-37-17-21-12-8-5-9-13-21)24(34)33-15-14-23-28(19-33,26(36)32(3)31-23)16-20-10-6-4-7-11-20/h4-13,22H,14-19,29H2,1-3H3,(H,30,35)/t22-,28?/m0/s1. The molecular weight excluding hydrogens is 470 g/mol. The van der Waals surface area contributed by atoms with E-state index in [9.17, 15) is 14.4 Å². The maximum atomic E-state index is 13.8. The molecular formula is C28H35N5O4. The van der Waals surface area contributed by atoms with E-state index < -0.39 is 22.9 Å². The molecule has 3 N–H and O–H groups in total. The minimum atomic E-state index is -1.17. The molecule has 0 radical (unpaired) electrons. The molecule has 9 nitrogen and oxygen atoms in total. The van der Waals surface area contributed by atoms with Crippen molar-refractivity contribution in [2.45, 2.75) is 44.9 Å². The first-order valence-corrected chi connectivity index (χ1v) is 12.5. The number of amides is 3. The van der Waals surface area contributed by atoms with Crippen LogP contribution in [0.15, 0.2) is 65.8 Å². The summed E-state index contributed by atoms with van der Waals surface area (Å²) < 4.78 is 5.85. The van der Waals surface area contributed by atoms with Gasteiger partial charge in [-0.2, -0.15) is 5.10 Å². The van der Waals surface area contributed by atoms with Gasteiger partial charge in [-0.25, -0.2) is 5.01 Å². The molecule has 0 aromatic heterocycles. The zero-order chi connectivity index (χ0) is 26.6. The Morgan fingerprint density at radius 1 is 1.11 bits per heavy atom. The predicted octanol–water partition coefficient (Wildman–Crippen LogP) is 1.71. The maximum Gasteiger partial charge on any atom is 0.256 e. The third kappa shape index (κ3) is 5.89. The number of fused-ring (bicyclic) bond motifs is 1. The highest BCUT2D eigenvalue weighted by Gasteiger charge is 2.54. The molecule has 2 atom stereocenters. The number of nitrogens with zero attached hydrogens (tertiary/aromatic N) is 3. The summed E-state index contributed by atoms with van der Waals surface area (Å²) in [5.74, 6) is -0.892. The average Bonchev–Trinajstić information content (AvgIpc) is 3.12. The number of benzene rings is 2. The van der Waals surface area contributed by atoms with E-state index in [1.165, 1.54) is 5.01 Å². The van der Waals surface area contributed by atoms with E-state index >= 15 is 0 Å². The van der Waals surface area contributed by atoms with Crippen molar-refractivity contribution in [3.63, 3.8) is 0 Å². The first kappa shape index (κ1) is 26.5. The van der Waals surface area contributed by atoms with Gasteiger partial charge >= 0.3 is 0 Å². The molecule has 2 aliphatic rings. The molecule has 1 saturated heterocycles. The number of hydrogen-bond donors (Lipinski definition) is 2. The number of nitrogens with one attached hydrogen (secondary N) is 1. The van der Waals surface area contributed by atoms with Crippen molar-refractivity contribution in [2.75, 3.05) is 26.7 Å². The summed E-state index contributed by atoms with van der Waals surface area (Å²) in [7, 11) is 1.65. The summed E-state index contributed by atoms with van der Waals surface area (Å²) in [6, 6.07) is 18.4. The lowest BCUT2D eigenvalue weighted by Crippen LogP contribution is -2.61. The highest BCUT2D eigenvalue weighted by molar-refractivity contribution is 6.13. The average molecular weight is 506 g/mol. The maximum absolute atomic E-state index is 13.8. The van der Waals surface area contributed by atoms with Crippen molar-refractivity contribution < 1.29 is 19.1 Å². The van der Waals surface area contributed by atoms with Crippen LogP contribution in [0.4, 0.5) is 0 Å². The van der Waals surface area contributed by atoms with Gasteiger partial charge in [0.15, 0.2) is 0 Å². The van der Waals surface area contributed by atoms with Crippen LogP contribution in [0.2, 0.25) is 0 Å². The normalized spacial score (nSPS) is 20.3. The molecule has 0 spiro atoms. The Bertz CT molecular complexity index is 1160. The number of rotatable bonds is 9. The Kier molecular flexibility index (Phi) is 7.75. The number of carbonyl (C=O) groups is 3. The molecule has 3 amide bonds. The first-order chi connectivity index (χ1) is 17.6. The summed E-state index contributed by atoms with van der Waals surface area (Å²) in [6.07, 6.45) is 0.916. The van der Waals surface area contributed by atoms with Gasteiger partial charge in [-0.15, -0.1) is 0 Å². The molecule has 2 aromatic rings. The molecule has 2 aliphatic heterocycles. The van der Waals surface area contributed by atoms with Gasteiger partial charge in [0.1, 0.15) is 11.5 Å². The Hall–Kier alpha value is -3.56. The summed E-state index contributed by atoms with van der Waals surface area (Å²) in [5, 5.41) is 8.67. The highest BCUT2D eigenvalue weighted by atomic mass is 16.5. The smallest absolute Gasteiger partial charge is 0.256 e. The van der Waals surface area contributed by atoms with E-state index in [0.717, 1.165) is 16.8 Å². The number of hydrogen-bond acceptors (Lipinski definition) is 6. The lowest BCUT2D eigenvalue weighted by Gasteiger charge is -2.40. The first-order valence-electron chi connectivity index (χ1n) is 12.5. The number of ether oxygens (including phenoxy) is 1. The quantitative estimate of drug-likeness (QED) is 0.538. The van der Waals surface area contributed by atoms with E-state index in [1.54, 1.807) is 25.8 Å². The van der Waals surface area contributed by atoms with Crippen LogP contribution in [0.25, 0.3) is 0 Å². The largest absolute Gasteiger partial charge is 0.374 e. The fourth-order valence-electron chi connectivity index (χ4n) is 4.82. The van der Waals surface area contributed by atoms with Gasteiger partial charge in [0.25, 0.3) is 5.91 Å². The summed E-state index contributed by atoms with van der Waals surface area (Å²) in [6.45, 7) is 4.02. The van der Waals surface area contributed by atoms with Crippen LogP contribution in [0, 0.1) is 5.41 Å². The van der Waals surface area contributed by atoms with Crippen LogP contribution in [0.3, 0.4) is 0 Å². The molecule has 0 aliphatic carbocycles. The number of likely N-dealkylation sites (tertiary alicyclic amines) is 1. The number of carbonyl (C=O) groups excluding carboxylic acids is 3. The van der Waals surface area contributed by atoms with E-state index in [1.807, 2.05) is 60.7 Å². The van der Waals surface area contributed by atoms with Gasteiger partial charge in [0.05, 0.1) is 24.5 Å². The minimum absolute atomic E-state index is 0.0213. The molecule has 196 valence electrons. The van der Waals surface area contributed by atoms with Gasteiger partial charge in [-0.05, 0) is 31.4 Å². The number of hydrazone groups is 1. The monoisotopic (exact) mass is 505 g/mol. The zero-order valence-corrected chi connectivity index (χ0v) is 21.6. The van der Waals surface area contributed by atoms with Crippen molar-refractivity contribution >= 4 is 23.4 Å². The van der Waals surface area contributed by atoms with Crippen LogP contribution in [0.1, 0.15) is 31.4 Å². The molecule has 9 heteroatoms. The lowest BCUT2D eigenvalue weighted by molar-refractivity contribution is -0.143. The summed E-state index contributed by atoms with van der Waals surface area (Å²) in [4.78, 5) is 41.6. The second kappa shape index (κ2) is 10.8. The van der Waals surface area contributed by atoms with E-state index in [4.69, 9.17) is 10.5 Å². The fraction of sp³-hybridized carbons (Fsp3) is 0.429. The van der Waals surface area contributed by atoms with E-state index in [0.29, 0.717) is 26.0 Å². The molecule has 4 rings (SSSR count). The molecule has 1 unspecified atom stereocenters. The molecule has 0 bridgehead atoms. The zero-order valence-electron chi connectivity index (χ0n) is 21.6. The lowest BCUT2D eigenvalue weighted by atomic mass is 9.73. The van der Waals surface area contributed by atoms with Gasteiger partial charge < -0.3 is 20.7 Å². The fourth-order valence-corrected chi connectivity index (χ4v) is 4.82. The summed E-state index contributed by atoms with van der Waals surface area (Å²) in [5.41, 5.74) is 6.63. The predicted molar refractivity (Wildman–Crippen MR) is 140 cm³/mol. The van der Waals surface area contributed by atoms with Crippen molar-refractivity contribution in [1.82, 2.24) is 15.2 Å². The van der Waals surface area contributed by atoms with Crippen LogP contribution in [0.5, 0.6) is 0 Å². The Labute approximate surface area is 217 Å². The van der Waals surface area contributed by atoms with Crippen molar-refractivity contribution in [2.24, 2.45) is 16.3 Å². The molecule has 1 fully saturated rings. The SMILES string of the molecule is CN1N=C2CCN(C(=O)[C@H](COCc3ccccc3)NC(=O)C(C)(C)N)CC2(Cc2ccccc2)C1=O. The third-order valence-electron chi connectivity index (χ3n) is 6.85. The van der Waals surface area contributed by atoms with Crippen LogP contribution in [-0.4, -0.2) is 71.7 Å². The van der Waals surface area contributed by atoms with Crippen molar-refractivity contribution in [3.8, 4) is 0 Å². The topological polar surface area (TPSA) is 117 Å². The van der Waals surface area contributed by atoms with Crippen molar-refractivity contribution in [3.05, 3.63) is 71.8 Å². The second-order valence-electron chi connectivity index (χ2n) is 10.4. The van der Waals surface area contributed by atoms with Gasteiger partial charge in [0, 0.05) is 26.6 Å². The summed E-state index contributed by atoms with van der Waals surface area (Å²) >= 11 is 0. The van der Waals surface area contributed by atoms with Crippen molar-refractivity contribution in [1.29, 1.82) is 0 Å². The molecule has 2 aromatic carbocycles. The van der Waals surface area contributed by atoms with Gasteiger partial charge in [0.2, 0.25) is 11.8 Å². The molecule has 0 saturated carbocycles. The van der Waals surface area contributed by atoms with Crippen LogP contribution in [-0.2, 0) is 32.1 Å². The minimum Gasteiger partial charge on any atom is -0.374 e. The number of nitrogens with two attached hydrogens (primary N) is 1. The van der Waals surface area contributed by atoms with Gasteiger partial charge in [-0.1, -0.05) is 60.7 Å². The van der Waals surface area contributed by atoms with Crippen LogP contribution >= 0.6 is 0 Å². The molecule has 37 heavy (non-hydrogen) atoms. The van der Waals surface area contributed by atoms with Crippen LogP contribution < -0.4 is 11.1 Å². The highest BCUT2D eigenvalue weighted by Crippen LogP contribution is 2.38. The van der Waals surface area contributed by atoms with Gasteiger partial charge in [-0.3, -0.25) is 14.4 Å². The van der Waals surface area contributed by atoms with E-state index in [-0.39, 0.29) is 25.0 Å². The Morgan fingerprint density at radius 3 is 2.35 bits per heavy atom. The number of piperidine rings is 1. The third-order valence-corrected chi connectivity index (χ3v) is 6.85.